The van der Waals surface area contributed by atoms with Crippen molar-refractivity contribution in [2.45, 2.75) is 0 Å². The normalized spacial score (nSPS) is 10.4. The van der Waals surface area contributed by atoms with Crippen molar-refractivity contribution in [2.24, 2.45) is 0 Å². The van der Waals surface area contributed by atoms with E-state index >= 15 is 0 Å². The van der Waals surface area contributed by atoms with Crippen molar-refractivity contribution in [3.63, 3.8) is 0 Å². The molecule has 0 spiro atoms. The molecule has 0 saturated heterocycles. The van der Waals surface area contributed by atoms with Crippen molar-refractivity contribution in [2.75, 3.05) is 5.32 Å². The first-order chi connectivity index (χ1) is 10.7. The molecule has 0 saturated carbocycles. The Morgan fingerprint density at radius 3 is 2.45 bits per heavy atom. The molecule has 1 heterocycles. The number of phenols is 2. The van der Waals surface area contributed by atoms with Gasteiger partial charge in [-0.05, 0) is 23.8 Å². The van der Waals surface area contributed by atoms with E-state index in [0.717, 1.165) is 10.4 Å². The van der Waals surface area contributed by atoms with E-state index in [1.807, 2.05) is 30.3 Å². The fraction of sp³-hybridized carbons (Fsp3) is 0. The summed E-state index contributed by atoms with van der Waals surface area (Å²) in [6, 6.07) is 14.2. The average Bonchev–Trinajstić information content (AvgIpc) is 2.95. The molecule has 0 aliphatic carbocycles. The Morgan fingerprint density at radius 2 is 1.77 bits per heavy atom. The smallest absolute Gasteiger partial charge is 0.213 e. The maximum Gasteiger partial charge on any atom is 0.213 e. The Balaban J connectivity index is 2.16. The third kappa shape index (κ3) is 2.64. The molecule has 3 aromatic rings. The zero-order valence-corrected chi connectivity index (χ0v) is 12.2. The lowest BCUT2D eigenvalue weighted by Gasteiger charge is -2.04. The van der Waals surface area contributed by atoms with E-state index in [-0.39, 0.29) is 11.5 Å². The van der Waals surface area contributed by atoms with Crippen LogP contribution in [0.15, 0.2) is 48.5 Å². The zero-order valence-electron chi connectivity index (χ0n) is 11.4. The minimum Gasteiger partial charge on any atom is -0.504 e. The number of amides is 1. The van der Waals surface area contributed by atoms with Gasteiger partial charge in [0, 0.05) is 5.56 Å². The number of rotatable bonds is 4. The topological polar surface area (TPSA) is 82.5 Å². The molecule has 2 aromatic carbocycles. The first-order valence-electron chi connectivity index (χ1n) is 6.48. The summed E-state index contributed by atoms with van der Waals surface area (Å²) in [4.78, 5) is 15.9. The van der Waals surface area contributed by atoms with Gasteiger partial charge >= 0.3 is 0 Å². The highest BCUT2D eigenvalue weighted by molar-refractivity contribution is 7.19. The second-order valence-electron chi connectivity index (χ2n) is 4.53. The highest BCUT2D eigenvalue weighted by Gasteiger charge is 2.16. The van der Waals surface area contributed by atoms with Crippen molar-refractivity contribution in [3.8, 4) is 33.2 Å². The van der Waals surface area contributed by atoms with Gasteiger partial charge in [-0.1, -0.05) is 41.7 Å². The number of thiazole rings is 1. The van der Waals surface area contributed by atoms with Crippen LogP contribution in [-0.2, 0) is 4.79 Å². The monoisotopic (exact) mass is 312 g/mol. The molecule has 0 radical (unpaired) electrons. The van der Waals surface area contributed by atoms with E-state index in [2.05, 4.69) is 10.3 Å². The number of anilines is 1. The van der Waals surface area contributed by atoms with Crippen molar-refractivity contribution in [3.05, 3.63) is 48.5 Å². The minimum atomic E-state index is -0.214. The van der Waals surface area contributed by atoms with Crippen LogP contribution in [-0.4, -0.2) is 21.6 Å². The van der Waals surface area contributed by atoms with Crippen molar-refractivity contribution < 1.29 is 15.0 Å². The molecule has 1 aromatic heterocycles. The van der Waals surface area contributed by atoms with E-state index in [4.69, 9.17) is 0 Å². The summed E-state index contributed by atoms with van der Waals surface area (Å²) in [5, 5.41) is 22.1. The Morgan fingerprint density at radius 1 is 1.00 bits per heavy atom. The highest BCUT2D eigenvalue weighted by Crippen LogP contribution is 2.40. The standard InChI is InChI=1S/C16H12N2O3S/c19-9-17-16-18-14(11-6-7-12(20)13(21)8-11)15(22-16)10-4-2-1-3-5-10/h1-9,20-21H,(H,17,18,19). The lowest BCUT2D eigenvalue weighted by atomic mass is 10.1. The number of hydrogen-bond acceptors (Lipinski definition) is 5. The molecule has 0 aliphatic heterocycles. The molecule has 0 atom stereocenters. The van der Waals surface area contributed by atoms with Gasteiger partial charge in [0.05, 0.1) is 10.6 Å². The van der Waals surface area contributed by atoms with E-state index in [1.165, 1.54) is 23.5 Å². The molecule has 0 bridgehead atoms. The van der Waals surface area contributed by atoms with Crippen LogP contribution in [0.4, 0.5) is 5.13 Å². The van der Waals surface area contributed by atoms with E-state index in [0.29, 0.717) is 22.8 Å². The van der Waals surface area contributed by atoms with Gasteiger partial charge in [0.15, 0.2) is 16.6 Å². The summed E-state index contributed by atoms with van der Waals surface area (Å²) in [7, 11) is 0. The molecule has 1 amide bonds. The van der Waals surface area contributed by atoms with Crippen LogP contribution in [0, 0.1) is 0 Å². The van der Waals surface area contributed by atoms with Gasteiger partial charge in [-0.25, -0.2) is 4.98 Å². The number of hydrogen-bond donors (Lipinski definition) is 3. The molecule has 5 nitrogen and oxygen atoms in total. The lowest BCUT2D eigenvalue weighted by molar-refractivity contribution is -0.105. The maximum atomic E-state index is 10.6. The molecule has 3 N–H and O–H groups in total. The fourth-order valence-electron chi connectivity index (χ4n) is 2.08. The van der Waals surface area contributed by atoms with Gasteiger partial charge in [-0.2, -0.15) is 0 Å². The number of nitrogens with zero attached hydrogens (tertiary/aromatic N) is 1. The SMILES string of the molecule is O=CNc1nc(-c2ccc(O)c(O)c2)c(-c2ccccc2)s1. The largest absolute Gasteiger partial charge is 0.504 e. The van der Waals surface area contributed by atoms with E-state index in [1.54, 1.807) is 6.07 Å². The van der Waals surface area contributed by atoms with Crippen molar-refractivity contribution in [1.82, 2.24) is 4.98 Å². The Kier molecular flexibility index (Phi) is 3.76. The van der Waals surface area contributed by atoms with Gasteiger partial charge in [0.25, 0.3) is 0 Å². The van der Waals surface area contributed by atoms with Gasteiger partial charge < -0.3 is 15.5 Å². The number of carbonyl (C=O) groups is 1. The van der Waals surface area contributed by atoms with Gasteiger partial charge in [-0.3, -0.25) is 4.79 Å². The van der Waals surface area contributed by atoms with Crippen LogP contribution in [0.3, 0.4) is 0 Å². The Hall–Kier alpha value is -2.86. The Bertz CT molecular complexity index is 816. The number of nitrogens with one attached hydrogen (secondary N) is 1. The van der Waals surface area contributed by atoms with Crippen LogP contribution in [0.5, 0.6) is 11.5 Å². The molecule has 0 unspecified atom stereocenters. The Labute approximate surface area is 130 Å². The molecule has 0 aliphatic rings. The summed E-state index contributed by atoms with van der Waals surface area (Å²) in [5.41, 5.74) is 2.25. The van der Waals surface area contributed by atoms with Crippen molar-refractivity contribution in [1.29, 1.82) is 0 Å². The third-order valence-electron chi connectivity index (χ3n) is 3.09. The van der Waals surface area contributed by atoms with E-state index < -0.39 is 0 Å². The third-order valence-corrected chi connectivity index (χ3v) is 4.13. The second kappa shape index (κ2) is 5.87. The van der Waals surface area contributed by atoms with Crippen molar-refractivity contribution >= 4 is 22.9 Å². The molecular weight excluding hydrogens is 300 g/mol. The molecular formula is C16H12N2O3S. The predicted molar refractivity (Wildman–Crippen MR) is 86.0 cm³/mol. The minimum absolute atomic E-state index is 0.188. The number of carbonyl (C=O) groups excluding carboxylic acids is 1. The summed E-state index contributed by atoms with van der Waals surface area (Å²) < 4.78 is 0. The molecule has 6 heteroatoms. The van der Waals surface area contributed by atoms with Crippen LogP contribution >= 0.6 is 11.3 Å². The van der Waals surface area contributed by atoms with Gasteiger partial charge in [-0.15, -0.1) is 0 Å². The number of aromatic nitrogens is 1. The van der Waals surface area contributed by atoms with Gasteiger partial charge in [0.2, 0.25) is 6.41 Å². The van der Waals surface area contributed by atoms with Gasteiger partial charge in [0.1, 0.15) is 0 Å². The number of aromatic hydroxyl groups is 2. The van der Waals surface area contributed by atoms with Crippen LogP contribution in [0.25, 0.3) is 21.7 Å². The molecule has 110 valence electrons. The highest BCUT2D eigenvalue weighted by atomic mass is 32.1. The van der Waals surface area contributed by atoms with Crippen LogP contribution < -0.4 is 5.32 Å². The number of phenolic OH excluding ortho intramolecular Hbond substituents is 2. The predicted octanol–water partition coefficient (Wildman–Crippen LogP) is 3.46. The summed E-state index contributed by atoms with van der Waals surface area (Å²) in [6.07, 6.45) is 0.575. The average molecular weight is 312 g/mol. The first kappa shape index (κ1) is 14.1. The zero-order chi connectivity index (χ0) is 15.5. The summed E-state index contributed by atoms with van der Waals surface area (Å²) >= 11 is 1.34. The lowest BCUT2D eigenvalue weighted by Crippen LogP contribution is -1.92. The first-order valence-corrected chi connectivity index (χ1v) is 7.29. The molecule has 3 rings (SSSR count). The summed E-state index contributed by atoms with van der Waals surface area (Å²) in [5.74, 6) is -0.402. The fourth-order valence-corrected chi connectivity index (χ4v) is 3.04. The molecule has 0 fully saturated rings. The van der Waals surface area contributed by atoms with E-state index in [9.17, 15) is 15.0 Å². The maximum absolute atomic E-state index is 10.6. The molecule has 22 heavy (non-hydrogen) atoms. The number of benzene rings is 2. The second-order valence-corrected chi connectivity index (χ2v) is 5.53. The summed E-state index contributed by atoms with van der Waals surface area (Å²) in [6.45, 7) is 0. The van der Waals surface area contributed by atoms with Crippen LogP contribution in [0.1, 0.15) is 0 Å². The quantitative estimate of drug-likeness (QED) is 0.509. The van der Waals surface area contributed by atoms with Crippen LogP contribution in [0.2, 0.25) is 0 Å².